The summed E-state index contributed by atoms with van der Waals surface area (Å²) in [6.07, 6.45) is 77.6. The minimum Gasteiger partial charge on any atom is -0.462 e. The molecule has 0 bridgehead atoms. The summed E-state index contributed by atoms with van der Waals surface area (Å²) in [5.41, 5.74) is 0. The number of esters is 3. The molecule has 0 saturated heterocycles. The fourth-order valence-corrected chi connectivity index (χ4v) is 8.42. The maximum Gasteiger partial charge on any atom is 0.306 e. The molecule has 0 aromatic rings. The topological polar surface area (TPSA) is 78.9 Å². The van der Waals surface area contributed by atoms with E-state index in [1.54, 1.807) is 0 Å². The van der Waals surface area contributed by atoms with Crippen molar-refractivity contribution in [1.29, 1.82) is 0 Å². The van der Waals surface area contributed by atoms with Crippen LogP contribution in [0.2, 0.25) is 0 Å². The zero-order valence-electron chi connectivity index (χ0n) is 46.7. The fraction of sp³-hybridized carbons (Fsp3) is 0.738. The van der Waals surface area contributed by atoms with Gasteiger partial charge in [-0.05, 0) is 77.0 Å². The van der Waals surface area contributed by atoms with Crippen LogP contribution in [0.5, 0.6) is 0 Å². The van der Waals surface area contributed by atoms with Gasteiger partial charge in [-0.15, -0.1) is 0 Å². The number of allylic oxidation sites excluding steroid dienone is 14. The number of carbonyl (C=O) groups excluding carboxylic acids is 3. The summed E-state index contributed by atoms with van der Waals surface area (Å²) in [6.45, 7) is 6.48. The predicted molar refractivity (Wildman–Crippen MR) is 307 cm³/mol. The summed E-state index contributed by atoms with van der Waals surface area (Å²) >= 11 is 0. The average Bonchev–Trinajstić information content (AvgIpc) is 3.37. The van der Waals surface area contributed by atoms with E-state index in [-0.39, 0.29) is 31.1 Å². The van der Waals surface area contributed by atoms with E-state index in [2.05, 4.69) is 106 Å². The second-order valence-corrected chi connectivity index (χ2v) is 19.9. The Morgan fingerprint density at radius 2 is 0.549 bits per heavy atom. The van der Waals surface area contributed by atoms with Gasteiger partial charge in [0, 0.05) is 19.3 Å². The number of unbranched alkanes of at least 4 members (excludes halogenated alkanes) is 29. The number of hydrogen-bond donors (Lipinski definition) is 0. The molecule has 408 valence electrons. The molecule has 0 spiro atoms. The van der Waals surface area contributed by atoms with E-state index in [1.807, 2.05) is 0 Å². The molecule has 6 nitrogen and oxygen atoms in total. The zero-order valence-corrected chi connectivity index (χ0v) is 46.7. The van der Waals surface area contributed by atoms with Crippen LogP contribution in [0.25, 0.3) is 0 Å². The molecule has 0 heterocycles. The van der Waals surface area contributed by atoms with Crippen molar-refractivity contribution >= 4 is 17.9 Å². The molecule has 6 heteroatoms. The minimum atomic E-state index is -0.770. The van der Waals surface area contributed by atoms with Crippen LogP contribution in [0.3, 0.4) is 0 Å². The summed E-state index contributed by atoms with van der Waals surface area (Å²) in [4.78, 5) is 37.9. The van der Waals surface area contributed by atoms with Gasteiger partial charge in [0.25, 0.3) is 0 Å². The summed E-state index contributed by atoms with van der Waals surface area (Å²) < 4.78 is 16.8. The largest absolute Gasteiger partial charge is 0.462 e. The normalized spacial score (nSPS) is 12.7. The highest BCUT2D eigenvalue weighted by atomic mass is 16.6. The molecule has 1 atom stereocenters. The van der Waals surface area contributed by atoms with Crippen LogP contribution in [0.4, 0.5) is 0 Å². The van der Waals surface area contributed by atoms with Gasteiger partial charge in [0.15, 0.2) is 6.10 Å². The van der Waals surface area contributed by atoms with Crippen LogP contribution in [0.1, 0.15) is 290 Å². The molecule has 0 fully saturated rings. The van der Waals surface area contributed by atoms with Crippen molar-refractivity contribution in [2.45, 2.75) is 297 Å². The number of ether oxygens (including phenoxy) is 3. The van der Waals surface area contributed by atoms with Crippen molar-refractivity contribution < 1.29 is 28.6 Å². The third kappa shape index (κ3) is 57.4. The van der Waals surface area contributed by atoms with E-state index in [0.717, 1.165) is 103 Å². The number of hydrogen-bond acceptors (Lipinski definition) is 6. The first-order valence-electron chi connectivity index (χ1n) is 30.1. The van der Waals surface area contributed by atoms with Crippen molar-refractivity contribution in [2.75, 3.05) is 13.2 Å². The Morgan fingerprint density at radius 3 is 0.859 bits per heavy atom. The highest BCUT2D eigenvalue weighted by molar-refractivity contribution is 5.71. The van der Waals surface area contributed by atoms with E-state index in [9.17, 15) is 14.4 Å². The molecule has 0 aromatic heterocycles. The maximum absolute atomic E-state index is 12.8. The Bertz CT molecular complexity index is 1370. The van der Waals surface area contributed by atoms with Crippen LogP contribution in [-0.2, 0) is 28.6 Å². The monoisotopic (exact) mass is 989 g/mol. The fourth-order valence-electron chi connectivity index (χ4n) is 8.42. The first-order valence-corrected chi connectivity index (χ1v) is 30.1. The van der Waals surface area contributed by atoms with Crippen LogP contribution in [0, 0.1) is 0 Å². The third-order valence-corrected chi connectivity index (χ3v) is 12.9. The van der Waals surface area contributed by atoms with E-state index < -0.39 is 6.10 Å². The maximum atomic E-state index is 12.8. The standard InChI is InChI=1S/C65H112O6/c1-4-7-10-13-16-18-20-22-24-25-26-27-28-29-30-31-32-33-34-35-36-37-38-39-40-41-42-44-45-47-49-52-55-58-64(67)70-61-62(60-69-63(66)57-54-51-15-12-9-6-3)71-65(68)59-56-53-50-48-46-43-23-21-19-17-14-11-8-5-2/h7,10,16,18,22,24,26-27,29-30,32-33,35-36,62H,4-6,8-9,11-15,17,19-21,23,25,28,31,34,37-61H2,1-3H3/b10-7-,18-16-,24-22-,27-26-,30-29-,33-32-,36-35-. The Balaban J connectivity index is 4.03. The number of carbonyl (C=O) groups is 3. The van der Waals surface area contributed by atoms with Gasteiger partial charge < -0.3 is 14.2 Å². The van der Waals surface area contributed by atoms with Gasteiger partial charge in [0.05, 0.1) is 0 Å². The van der Waals surface area contributed by atoms with Gasteiger partial charge in [0.2, 0.25) is 0 Å². The van der Waals surface area contributed by atoms with Crippen molar-refractivity contribution in [1.82, 2.24) is 0 Å². The van der Waals surface area contributed by atoms with Crippen molar-refractivity contribution in [2.24, 2.45) is 0 Å². The van der Waals surface area contributed by atoms with Crippen molar-refractivity contribution in [3.05, 3.63) is 85.1 Å². The molecule has 0 aliphatic rings. The molecule has 0 rings (SSSR count). The molecular formula is C65H112O6. The van der Waals surface area contributed by atoms with Gasteiger partial charge in [-0.3, -0.25) is 14.4 Å². The van der Waals surface area contributed by atoms with E-state index >= 15 is 0 Å². The summed E-state index contributed by atoms with van der Waals surface area (Å²) in [5, 5.41) is 0. The van der Waals surface area contributed by atoms with Gasteiger partial charge in [-0.25, -0.2) is 0 Å². The quantitative estimate of drug-likeness (QED) is 0.0261. The van der Waals surface area contributed by atoms with E-state index in [0.29, 0.717) is 19.3 Å². The smallest absolute Gasteiger partial charge is 0.306 e. The lowest BCUT2D eigenvalue weighted by Gasteiger charge is -2.18. The highest BCUT2D eigenvalue weighted by Crippen LogP contribution is 2.16. The Labute approximate surface area is 439 Å². The first-order chi connectivity index (χ1) is 35.0. The molecule has 0 N–H and O–H groups in total. The SMILES string of the molecule is CC/C=C\C/C=C\C/C=C\C/C=C\C/C=C\C/C=C\C/C=C\CCCCCCCCCCCCCC(=O)OCC(COC(=O)CCCCCCCC)OC(=O)CCCCCCCCCCCCCCCC. The highest BCUT2D eigenvalue weighted by Gasteiger charge is 2.19. The second kappa shape index (κ2) is 59.2. The van der Waals surface area contributed by atoms with E-state index in [1.165, 1.54) is 148 Å². The molecule has 0 aliphatic heterocycles. The van der Waals surface area contributed by atoms with Crippen molar-refractivity contribution in [3.8, 4) is 0 Å². The molecule has 71 heavy (non-hydrogen) atoms. The Kier molecular flexibility index (Phi) is 56.3. The average molecular weight is 990 g/mol. The summed E-state index contributed by atoms with van der Waals surface area (Å²) in [6, 6.07) is 0. The number of rotatable bonds is 54. The molecular weight excluding hydrogens is 877 g/mol. The van der Waals surface area contributed by atoms with Gasteiger partial charge in [0.1, 0.15) is 13.2 Å². The molecule has 0 saturated carbocycles. The predicted octanol–water partition coefficient (Wildman–Crippen LogP) is 20.3. The lowest BCUT2D eigenvalue weighted by molar-refractivity contribution is -0.167. The van der Waals surface area contributed by atoms with Gasteiger partial charge in [-0.2, -0.15) is 0 Å². The summed E-state index contributed by atoms with van der Waals surface area (Å²) in [7, 11) is 0. The van der Waals surface area contributed by atoms with Gasteiger partial charge in [-0.1, -0.05) is 279 Å². The van der Waals surface area contributed by atoms with Gasteiger partial charge >= 0.3 is 17.9 Å². The van der Waals surface area contributed by atoms with E-state index in [4.69, 9.17) is 14.2 Å². The van der Waals surface area contributed by atoms with Crippen LogP contribution in [-0.4, -0.2) is 37.2 Å². The Hall–Kier alpha value is -3.41. The van der Waals surface area contributed by atoms with Crippen LogP contribution in [0.15, 0.2) is 85.1 Å². The van der Waals surface area contributed by atoms with Crippen molar-refractivity contribution in [3.63, 3.8) is 0 Å². The lowest BCUT2D eigenvalue weighted by Crippen LogP contribution is -2.30. The van der Waals surface area contributed by atoms with Crippen LogP contribution < -0.4 is 0 Å². The molecule has 0 aromatic carbocycles. The summed E-state index contributed by atoms with van der Waals surface area (Å²) in [5.74, 6) is -0.877. The lowest BCUT2D eigenvalue weighted by atomic mass is 10.0. The molecule has 0 amide bonds. The van der Waals surface area contributed by atoms with Crippen LogP contribution >= 0.6 is 0 Å². The Morgan fingerprint density at radius 1 is 0.296 bits per heavy atom. The molecule has 1 unspecified atom stereocenters. The molecule has 0 radical (unpaired) electrons. The minimum absolute atomic E-state index is 0.0733. The molecule has 0 aliphatic carbocycles. The first kappa shape index (κ1) is 67.6. The third-order valence-electron chi connectivity index (χ3n) is 12.9. The zero-order chi connectivity index (χ0) is 51.4. The second-order valence-electron chi connectivity index (χ2n) is 19.9.